The van der Waals surface area contributed by atoms with Crippen molar-refractivity contribution in [2.24, 2.45) is 17.3 Å². The minimum Gasteiger partial charge on any atom is -0.389 e. The van der Waals surface area contributed by atoms with Crippen LogP contribution in [0, 0.1) is 36.6 Å². The van der Waals surface area contributed by atoms with E-state index in [4.69, 9.17) is 6.57 Å². The Morgan fingerprint density at radius 2 is 2.07 bits per heavy atom. The van der Waals surface area contributed by atoms with Gasteiger partial charge in [-0.25, -0.2) is 9.24 Å². The molecule has 2 aromatic rings. The first kappa shape index (κ1) is 19.7. The average Bonchev–Trinajstić information content (AvgIpc) is 3.01. The summed E-state index contributed by atoms with van der Waals surface area (Å²) in [5, 5.41) is 11.9. The fourth-order valence-electron chi connectivity index (χ4n) is 7.12. The van der Waals surface area contributed by atoms with Crippen molar-refractivity contribution in [3.8, 4) is 0 Å². The van der Waals surface area contributed by atoms with Crippen LogP contribution in [0.4, 0.5) is 10.1 Å². The van der Waals surface area contributed by atoms with Gasteiger partial charge in [0.25, 0.3) is 0 Å². The molecule has 0 radical (unpaired) electrons. The number of rotatable bonds is 2. The third-order valence-corrected chi connectivity index (χ3v) is 8.88. The van der Waals surface area contributed by atoms with E-state index >= 15 is 0 Å². The Balaban J connectivity index is 1.47. The Kier molecular flexibility index (Phi) is 4.52. The van der Waals surface area contributed by atoms with Crippen molar-refractivity contribution in [1.29, 1.82) is 0 Å². The first-order valence-corrected chi connectivity index (χ1v) is 11.2. The molecule has 0 bridgehead atoms. The number of fused-ring (bicyclic) bond motifs is 5. The molecule has 3 aliphatic carbocycles. The van der Waals surface area contributed by atoms with Gasteiger partial charge in [-0.3, -0.25) is 4.98 Å². The number of pyridine rings is 1. The van der Waals surface area contributed by atoms with Crippen LogP contribution in [-0.2, 0) is 12.8 Å². The average molecular weight is 405 g/mol. The van der Waals surface area contributed by atoms with Crippen LogP contribution in [-0.4, -0.2) is 15.7 Å². The highest BCUT2D eigenvalue weighted by atomic mass is 19.1. The van der Waals surface area contributed by atoms with E-state index in [1.54, 1.807) is 6.07 Å². The smallest absolute Gasteiger partial charge is 0.222 e. The molecule has 5 rings (SSSR count). The first-order chi connectivity index (χ1) is 14.4. The molecule has 1 aromatic carbocycles. The molecular formula is C26H29FN2O. The van der Waals surface area contributed by atoms with Crippen molar-refractivity contribution in [2.75, 3.05) is 0 Å². The van der Waals surface area contributed by atoms with Crippen LogP contribution in [0.2, 0.25) is 0 Å². The van der Waals surface area contributed by atoms with Crippen molar-refractivity contribution in [2.45, 2.75) is 70.3 Å². The highest BCUT2D eigenvalue weighted by molar-refractivity contribution is 5.53. The molecule has 4 heteroatoms. The maximum absolute atomic E-state index is 14.8. The lowest BCUT2D eigenvalue weighted by atomic mass is 9.52. The quantitative estimate of drug-likeness (QED) is 0.632. The third-order valence-electron chi connectivity index (χ3n) is 8.88. The third kappa shape index (κ3) is 2.68. The lowest BCUT2D eigenvalue weighted by Gasteiger charge is -2.53. The van der Waals surface area contributed by atoms with Crippen molar-refractivity contribution in [1.82, 2.24) is 4.98 Å². The molecule has 30 heavy (non-hydrogen) atoms. The van der Waals surface area contributed by atoms with Crippen LogP contribution in [0.1, 0.15) is 67.2 Å². The standard InChI is InChI=1S/C26H29FN2O/c1-16-15-29-13-10-17(16)14-26(30)12-9-22-20-4-5-21-18(6-7-23(28-3)24(21)27)19(20)8-11-25(22,26)2/h6-7,10,13,15,19-20,22,30H,4-5,8-9,11-12,14H2,1-2H3/t19?,20?,22?,25-,26+/m0/s1. The van der Waals surface area contributed by atoms with Crippen molar-refractivity contribution in [3.63, 3.8) is 0 Å². The summed E-state index contributed by atoms with van der Waals surface area (Å²) in [7, 11) is 0. The van der Waals surface area contributed by atoms with E-state index in [2.05, 4.69) is 23.7 Å². The highest BCUT2D eigenvalue weighted by Crippen LogP contribution is 2.65. The Labute approximate surface area is 178 Å². The van der Waals surface area contributed by atoms with Crippen LogP contribution >= 0.6 is 0 Å². The summed E-state index contributed by atoms with van der Waals surface area (Å²) in [5.41, 5.74) is 3.57. The maximum atomic E-state index is 14.8. The number of aromatic nitrogens is 1. The molecule has 2 fully saturated rings. The van der Waals surface area contributed by atoms with Gasteiger partial charge in [-0.05, 0) is 96.9 Å². The van der Waals surface area contributed by atoms with E-state index in [1.165, 1.54) is 5.56 Å². The summed E-state index contributed by atoms with van der Waals surface area (Å²) >= 11 is 0. The van der Waals surface area contributed by atoms with E-state index < -0.39 is 5.60 Å². The summed E-state index contributed by atoms with van der Waals surface area (Å²) in [4.78, 5) is 7.55. The zero-order valence-electron chi connectivity index (χ0n) is 17.8. The summed E-state index contributed by atoms with van der Waals surface area (Å²) in [6.07, 6.45) is 9.87. The Bertz CT molecular complexity index is 1040. The molecule has 0 saturated heterocycles. The predicted octanol–water partition coefficient (Wildman–Crippen LogP) is 5.91. The van der Waals surface area contributed by atoms with Gasteiger partial charge in [0, 0.05) is 18.8 Å². The molecule has 156 valence electrons. The minimum absolute atomic E-state index is 0.115. The summed E-state index contributed by atoms with van der Waals surface area (Å²) in [6, 6.07) is 5.71. The monoisotopic (exact) mass is 404 g/mol. The topological polar surface area (TPSA) is 37.5 Å². The van der Waals surface area contributed by atoms with Crippen LogP contribution in [0.25, 0.3) is 4.85 Å². The number of benzene rings is 1. The second-order valence-electron chi connectivity index (χ2n) is 10.00. The fourth-order valence-corrected chi connectivity index (χ4v) is 7.12. The van der Waals surface area contributed by atoms with E-state index in [9.17, 15) is 9.50 Å². The molecule has 3 aliphatic rings. The molecule has 5 atom stereocenters. The molecule has 1 aromatic heterocycles. The summed E-state index contributed by atoms with van der Waals surface area (Å²) in [6.45, 7) is 11.6. The minimum atomic E-state index is -0.700. The predicted molar refractivity (Wildman–Crippen MR) is 115 cm³/mol. The van der Waals surface area contributed by atoms with E-state index in [1.807, 2.05) is 24.5 Å². The Morgan fingerprint density at radius 3 is 2.83 bits per heavy atom. The van der Waals surface area contributed by atoms with Gasteiger partial charge in [0.15, 0.2) is 0 Å². The second kappa shape index (κ2) is 6.89. The second-order valence-corrected chi connectivity index (χ2v) is 10.00. The number of aryl methyl sites for hydroxylation is 1. The molecule has 3 nitrogen and oxygen atoms in total. The van der Waals surface area contributed by atoms with Crippen LogP contribution in [0.15, 0.2) is 30.6 Å². The molecule has 1 N–H and O–H groups in total. The van der Waals surface area contributed by atoms with E-state index in [0.29, 0.717) is 30.6 Å². The van der Waals surface area contributed by atoms with Gasteiger partial charge in [0.05, 0.1) is 12.2 Å². The van der Waals surface area contributed by atoms with Crippen molar-refractivity contribution >= 4 is 5.69 Å². The Morgan fingerprint density at radius 1 is 1.23 bits per heavy atom. The number of halogens is 1. The number of hydrogen-bond acceptors (Lipinski definition) is 2. The van der Waals surface area contributed by atoms with E-state index in [0.717, 1.165) is 48.8 Å². The highest BCUT2D eigenvalue weighted by Gasteiger charge is 2.61. The van der Waals surface area contributed by atoms with E-state index in [-0.39, 0.29) is 16.9 Å². The van der Waals surface area contributed by atoms with Gasteiger partial charge in [-0.2, -0.15) is 0 Å². The lowest BCUT2D eigenvalue weighted by molar-refractivity contribution is -0.102. The van der Waals surface area contributed by atoms with Crippen molar-refractivity contribution < 1.29 is 9.50 Å². The van der Waals surface area contributed by atoms with Crippen LogP contribution in [0.5, 0.6) is 0 Å². The van der Waals surface area contributed by atoms with Crippen LogP contribution < -0.4 is 0 Å². The number of nitrogens with zero attached hydrogens (tertiary/aromatic N) is 2. The number of aliphatic hydroxyl groups is 1. The first-order valence-electron chi connectivity index (χ1n) is 11.2. The van der Waals surface area contributed by atoms with Gasteiger partial charge >= 0.3 is 0 Å². The van der Waals surface area contributed by atoms with Crippen molar-refractivity contribution in [3.05, 3.63) is 70.1 Å². The number of hydrogen-bond donors (Lipinski definition) is 1. The molecule has 0 spiro atoms. The Hall–Kier alpha value is -2.25. The largest absolute Gasteiger partial charge is 0.389 e. The van der Waals surface area contributed by atoms with Gasteiger partial charge in [0.2, 0.25) is 5.69 Å². The zero-order chi connectivity index (χ0) is 21.1. The maximum Gasteiger partial charge on any atom is 0.222 e. The molecule has 1 heterocycles. The fraction of sp³-hybridized carbons (Fsp3) is 0.538. The van der Waals surface area contributed by atoms with Crippen LogP contribution in [0.3, 0.4) is 0 Å². The SMILES string of the molecule is [C-]#[N+]c1ccc2c(c1F)CCC1C2CC[C@@]2(C)C1CC[C@@]2(O)Cc1ccncc1C. The molecule has 0 aliphatic heterocycles. The molecule has 0 amide bonds. The molecule has 3 unspecified atom stereocenters. The van der Waals surface area contributed by atoms with Gasteiger partial charge in [-0.15, -0.1) is 0 Å². The molecular weight excluding hydrogens is 375 g/mol. The summed E-state index contributed by atoms with van der Waals surface area (Å²) in [5.74, 6) is 0.999. The van der Waals surface area contributed by atoms with Gasteiger partial charge < -0.3 is 5.11 Å². The van der Waals surface area contributed by atoms with Gasteiger partial charge in [0.1, 0.15) is 5.82 Å². The molecule has 2 saturated carbocycles. The summed E-state index contributed by atoms with van der Waals surface area (Å²) < 4.78 is 14.8. The lowest BCUT2D eigenvalue weighted by Crippen LogP contribution is -2.52. The zero-order valence-corrected chi connectivity index (χ0v) is 17.8. The normalized spacial score (nSPS) is 34.6. The van der Waals surface area contributed by atoms with Gasteiger partial charge in [-0.1, -0.05) is 19.1 Å².